The molecule has 1 aromatic carbocycles. The zero-order chi connectivity index (χ0) is 16.4. The van der Waals surface area contributed by atoms with Crippen molar-refractivity contribution in [1.29, 1.82) is 0 Å². The molecule has 3 atom stereocenters. The number of hydrogen-bond acceptors (Lipinski definition) is 4. The maximum Gasteiger partial charge on any atom is 0.251 e. The number of carbonyl (C=O) groups excluding carboxylic acids is 2. The van der Waals surface area contributed by atoms with E-state index < -0.39 is 5.79 Å². The maximum absolute atomic E-state index is 12.4. The fourth-order valence-corrected chi connectivity index (χ4v) is 3.05. The molecule has 1 heterocycles. The number of benzene rings is 1. The number of hydrogen-bond donors (Lipinski definition) is 1. The van der Waals surface area contributed by atoms with Crippen LogP contribution in [0.4, 0.5) is 0 Å². The van der Waals surface area contributed by atoms with Crippen LogP contribution in [0, 0.1) is 5.92 Å². The molecule has 1 fully saturated rings. The summed E-state index contributed by atoms with van der Waals surface area (Å²) >= 11 is 0. The molecule has 122 valence electrons. The van der Waals surface area contributed by atoms with Crippen molar-refractivity contribution in [2.45, 2.75) is 38.2 Å². The first-order chi connectivity index (χ1) is 10.9. The van der Waals surface area contributed by atoms with E-state index in [1.807, 2.05) is 32.0 Å². The quantitative estimate of drug-likeness (QED) is 0.927. The van der Waals surface area contributed by atoms with Gasteiger partial charge in [0.05, 0.1) is 18.8 Å². The Morgan fingerprint density at radius 1 is 1.26 bits per heavy atom. The molecule has 1 saturated heterocycles. The van der Waals surface area contributed by atoms with Crippen LogP contribution >= 0.6 is 0 Å². The summed E-state index contributed by atoms with van der Waals surface area (Å²) in [7, 11) is 0. The van der Waals surface area contributed by atoms with E-state index in [1.54, 1.807) is 18.2 Å². The highest BCUT2D eigenvalue weighted by Crippen LogP contribution is 2.32. The molecule has 0 spiro atoms. The van der Waals surface area contributed by atoms with Crippen molar-refractivity contribution in [2.24, 2.45) is 5.92 Å². The third kappa shape index (κ3) is 3.68. The molecule has 0 saturated carbocycles. The standard InChI is InChI=1S/C18H21NO4/c1-18(2)22-11-16(23-18)14-10-13(20)8-9-15(14)19-17(21)12-6-4-3-5-7-12/h3-9,14-16H,10-11H2,1-2H3,(H,19,21)/t14-,15-,16-/m1/s1. The lowest BCUT2D eigenvalue weighted by atomic mass is 9.84. The van der Waals surface area contributed by atoms with Crippen molar-refractivity contribution in [2.75, 3.05) is 6.61 Å². The Bertz CT molecular complexity index is 623. The highest BCUT2D eigenvalue weighted by molar-refractivity contribution is 5.95. The monoisotopic (exact) mass is 315 g/mol. The Hall–Kier alpha value is -1.98. The van der Waals surface area contributed by atoms with Gasteiger partial charge in [0.15, 0.2) is 11.6 Å². The van der Waals surface area contributed by atoms with Gasteiger partial charge in [-0.2, -0.15) is 0 Å². The molecule has 0 bridgehead atoms. The third-order valence-electron chi connectivity index (χ3n) is 4.23. The highest BCUT2D eigenvalue weighted by Gasteiger charge is 2.42. The number of amides is 1. The summed E-state index contributed by atoms with van der Waals surface area (Å²) < 4.78 is 11.5. The van der Waals surface area contributed by atoms with Crippen LogP contribution in [0.5, 0.6) is 0 Å². The van der Waals surface area contributed by atoms with E-state index in [9.17, 15) is 9.59 Å². The Kier molecular flexibility index (Phi) is 4.33. The number of ether oxygens (including phenoxy) is 2. The van der Waals surface area contributed by atoms with Crippen LogP contribution in [0.2, 0.25) is 0 Å². The van der Waals surface area contributed by atoms with Gasteiger partial charge < -0.3 is 14.8 Å². The second-order valence-corrected chi connectivity index (χ2v) is 6.43. The lowest BCUT2D eigenvalue weighted by molar-refractivity contribution is -0.147. The SMILES string of the molecule is CC1(C)OC[C@H]([C@@H]2CC(=O)C=C[C@H]2NC(=O)c2ccccc2)O1. The highest BCUT2D eigenvalue weighted by atomic mass is 16.7. The molecule has 1 amide bonds. The fourth-order valence-electron chi connectivity index (χ4n) is 3.05. The normalized spacial score (nSPS) is 29.5. The van der Waals surface area contributed by atoms with Gasteiger partial charge in [0.25, 0.3) is 5.91 Å². The molecule has 23 heavy (non-hydrogen) atoms. The van der Waals surface area contributed by atoms with E-state index in [4.69, 9.17) is 9.47 Å². The molecule has 5 nitrogen and oxygen atoms in total. The summed E-state index contributed by atoms with van der Waals surface area (Å²) in [6.45, 7) is 4.13. The van der Waals surface area contributed by atoms with Crippen LogP contribution in [0.3, 0.4) is 0 Å². The average Bonchev–Trinajstić information content (AvgIpc) is 2.90. The summed E-state index contributed by atoms with van der Waals surface area (Å²) in [4.78, 5) is 24.2. The van der Waals surface area contributed by atoms with Crippen LogP contribution in [-0.2, 0) is 14.3 Å². The number of rotatable bonds is 3. The number of nitrogens with one attached hydrogen (secondary N) is 1. The van der Waals surface area contributed by atoms with Gasteiger partial charge in [-0.1, -0.05) is 24.3 Å². The fraction of sp³-hybridized carbons (Fsp3) is 0.444. The molecule has 1 N–H and O–H groups in total. The number of allylic oxidation sites excluding steroid dienone is 1. The van der Waals surface area contributed by atoms with Gasteiger partial charge >= 0.3 is 0 Å². The summed E-state index contributed by atoms with van der Waals surface area (Å²) in [6.07, 6.45) is 3.43. The minimum absolute atomic E-state index is 0.0496. The van der Waals surface area contributed by atoms with Gasteiger partial charge in [-0.25, -0.2) is 0 Å². The Morgan fingerprint density at radius 2 is 2.00 bits per heavy atom. The molecule has 0 unspecified atom stereocenters. The van der Waals surface area contributed by atoms with Crippen molar-refractivity contribution in [1.82, 2.24) is 5.32 Å². The third-order valence-corrected chi connectivity index (χ3v) is 4.23. The summed E-state index contributed by atoms with van der Waals surface area (Å²) in [5.41, 5.74) is 0.598. The van der Waals surface area contributed by atoms with Crippen molar-refractivity contribution in [3.05, 3.63) is 48.0 Å². The summed E-state index contributed by atoms with van der Waals surface area (Å²) in [5, 5.41) is 3.00. The van der Waals surface area contributed by atoms with E-state index in [1.165, 1.54) is 6.08 Å². The summed E-state index contributed by atoms with van der Waals surface area (Å²) in [6, 6.07) is 8.79. The summed E-state index contributed by atoms with van der Waals surface area (Å²) in [5.74, 6) is -0.878. The minimum Gasteiger partial charge on any atom is -0.348 e. The first-order valence-electron chi connectivity index (χ1n) is 7.83. The van der Waals surface area contributed by atoms with Crippen molar-refractivity contribution in [3.63, 3.8) is 0 Å². The van der Waals surface area contributed by atoms with E-state index in [0.29, 0.717) is 18.6 Å². The Labute approximate surface area is 135 Å². The molecule has 1 aliphatic carbocycles. The Balaban J connectivity index is 1.74. The number of carbonyl (C=O) groups is 2. The van der Waals surface area contributed by atoms with Crippen molar-refractivity contribution in [3.8, 4) is 0 Å². The van der Waals surface area contributed by atoms with Crippen LogP contribution in [0.1, 0.15) is 30.6 Å². The topological polar surface area (TPSA) is 64.6 Å². The van der Waals surface area contributed by atoms with Crippen LogP contribution in [0.25, 0.3) is 0 Å². The van der Waals surface area contributed by atoms with Crippen molar-refractivity contribution < 1.29 is 19.1 Å². The van der Waals surface area contributed by atoms with Crippen LogP contribution in [0.15, 0.2) is 42.5 Å². The second-order valence-electron chi connectivity index (χ2n) is 6.43. The van der Waals surface area contributed by atoms with Gasteiger partial charge in [0.1, 0.15) is 0 Å². The van der Waals surface area contributed by atoms with Gasteiger partial charge in [0, 0.05) is 17.9 Å². The first kappa shape index (κ1) is 15.9. The van der Waals surface area contributed by atoms with Gasteiger partial charge in [-0.15, -0.1) is 0 Å². The lowest BCUT2D eigenvalue weighted by Gasteiger charge is -2.31. The maximum atomic E-state index is 12.4. The van der Waals surface area contributed by atoms with Gasteiger partial charge in [-0.05, 0) is 32.1 Å². The number of ketones is 1. The molecule has 5 heteroatoms. The minimum atomic E-state index is -0.650. The van der Waals surface area contributed by atoms with E-state index >= 15 is 0 Å². The van der Waals surface area contributed by atoms with Crippen molar-refractivity contribution >= 4 is 11.7 Å². The largest absolute Gasteiger partial charge is 0.348 e. The van der Waals surface area contributed by atoms with Gasteiger partial charge in [-0.3, -0.25) is 9.59 Å². The smallest absolute Gasteiger partial charge is 0.251 e. The zero-order valence-electron chi connectivity index (χ0n) is 13.3. The zero-order valence-corrected chi connectivity index (χ0v) is 13.3. The van der Waals surface area contributed by atoms with Crippen LogP contribution < -0.4 is 5.32 Å². The molecule has 1 aliphatic heterocycles. The molecule has 2 aliphatic rings. The van der Waals surface area contributed by atoms with Crippen LogP contribution in [-0.4, -0.2) is 36.2 Å². The molecule has 0 aromatic heterocycles. The van der Waals surface area contributed by atoms with E-state index in [-0.39, 0.29) is 29.8 Å². The first-order valence-corrected chi connectivity index (χ1v) is 7.83. The Morgan fingerprint density at radius 3 is 2.65 bits per heavy atom. The average molecular weight is 315 g/mol. The molecule has 0 radical (unpaired) electrons. The van der Waals surface area contributed by atoms with E-state index in [0.717, 1.165) is 0 Å². The second kappa shape index (κ2) is 6.26. The molecule has 3 rings (SSSR count). The molecular formula is C18H21NO4. The molecular weight excluding hydrogens is 294 g/mol. The molecule has 1 aromatic rings. The predicted octanol–water partition coefficient (Wildman–Crippen LogP) is 2.08. The lowest BCUT2D eigenvalue weighted by Crippen LogP contribution is -2.47. The van der Waals surface area contributed by atoms with Gasteiger partial charge in [0.2, 0.25) is 0 Å². The van der Waals surface area contributed by atoms with E-state index in [2.05, 4.69) is 5.32 Å². The predicted molar refractivity (Wildman–Crippen MR) is 84.9 cm³/mol.